The first-order chi connectivity index (χ1) is 9.59. The van der Waals surface area contributed by atoms with Gasteiger partial charge in [-0.05, 0) is 26.0 Å². The fraction of sp³-hybridized carbons (Fsp3) is 0.385. The summed E-state index contributed by atoms with van der Waals surface area (Å²) in [6, 6.07) is 7.61. The van der Waals surface area contributed by atoms with E-state index in [2.05, 4.69) is 4.72 Å². The zero-order valence-electron chi connectivity index (χ0n) is 12.0. The van der Waals surface area contributed by atoms with Crippen molar-refractivity contribution in [3.05, 3.63) is 30.3 Å². The molecule has 0 aliphatic rings. The zero-order valence-corrected chi connectivity index (χ0v) is 12.8. The molecule has 0 spiro atoms. The maximum absolute atomic E-state index is 11.9. The maximum atomic E-state index is 11.9. The second-order valence-corrected chi connectivity index (χ2v) is 6.72. The topological polar surface area (TPSA) is 104 Å². The standard InChI is InChI=1S/C13H18N2O5S/c1-13(2,12(17)18)15(3)11(16)9-14-21(19,20)10-7-5-4-6-8-10/h4-8,14H,9H2,1-3H3,(H,17,18). The van der Waals surface area contributed by atoms with Gasteiger partial charge in [-0.1, -0.05) is 18.2 Å². The number of carbonyl (C=O) groups excluding carboxylic acids is 1. The number of sulfonamides is 1. The van der Waals surface area contributed by atoms with Crippen LogP contribution < -0.4 is 4.72 Å². The third kappa shape index (κ3) is 4.02. The predicted molar refractivity (Wildman–Crippen MR) is 76.1 cm³/mol. The Balaban J connectivity index is 2.76. The number of carboxylic acid groups (broad SMARTS) is 1. The van der Waals surface area contributed by atoms with Crippen LogP contribution in [0.15, 0.2) is 35.2 Å². The number of amides is 1. The molecule has 0 saturated carbocycles. The Bertz CT molecular complexity index is 625. The van der Waals surface area contributed by atoms with Gasteiger partial charge in [0.2, 0.25) is 15.9 Å². The van der Waals surface area contributed by atoms with E-state index in [-0.39, 0.29) is 4.90 Å². The molecule has 0 aromatic heterocycles. The van der Waals surface area contributed by atoms with Crippen LogP contribution in [0, 0.1) is 0 Å². The Morgan fingerprint density at radius 1 is 1.24 bits per heavy atom. The van der Waals surface area contributed by atoms with E-state index in [0.717, 1.165) is 4.90 Å². The molecule has 2 N–H and O–H groups in total. The van der Waals surface area contributed by atoms with Crippen molar-refractivity contribution in [2.24, 2.45) is 0 Å². The lowest BCUT2D eigenvalue weighted by atomic mass is 10.0. The van der Waals surface area contributed by atoms with E-state index >= 15 is 0 Å². The second-order valence-electron chi connectivity index (χ2n) is 4.95. The number of carbonyl (C=O) groups is 2. The Hall–Kier alpha value is -1.93. The molecule has 0 unspecified atom stereocenters. The minimum atomic E-state index is -3.80. The fourth-order valence-electron chi connectivity index (χ4n) is 1.41. The van der Waals surface area contributed by atoms with Crippen molar-refractivity contribution >= 4 is 21.9 Å². The molecule has 116 valence electrons. The van der Waals surface area contributed by atoms with Gasteiger partial charge in [0.05, 0.1) is 11.4 Å². The van der Waals surface area contributed by atoms with Crippen LogP contribution >= 0.6 is 0 Å². The molecule has 0 heterocycles. The summed E-state index contributed by atoms with van der Waals surface area (Å²) in [5.41, 5.74) is -1.42. The first-order valence-corrected chi connectivity index (χ1v) is 7.62. The van der Waals surface area contributed by atoms with Crippen molar-refractivity contribution in [1.82, 2.24) is 9.62 Å². The van der Waals surface area contributed by atoms with Gasteiger partial charge >= 0.3 is 5.97 Å². The van der Waals surface area contributed by atoms with Crippen LogP contribution in [0.5, 0.6) is 0 Å². The smallest absolute Gasteiger partial charge is 0.329 e. The van der Waals surface area contributed by atoms with Crippen molar-refractivity contribution in [3.8, 4) is 0 Å². The first-order valence-electron chi connectivity index (χ1n) is 6.14. The largest absolute Gasteiger partial charge is 0.480 e. The highest BCUT2D eigenvalue weighted by Crippen LogP contribution is 2.13. The number of nitrogens with zero attached hydrogens (tertiary/aromatic N) is 1. The summed E-state index contributed by atoms with van der Waals surface area (Å²) in [5.74, 6) is -1.81. The number of benzene rings is 1. The average Bonchev–Trinajstić information content (AvgIpc) is 2.44. The first kappa shape index (κ1) is 17.1. The van der Waals surface area contributed by atoms with Crippen LogP contribution in [0.2, 0.25) is 0 Å². The highest BCUT2D eigenvalue weighted by atomic mass is 32.2. The van der Waals surface area contributed by atoms with E-state index in [1.807, 2.05) is 0 Å². The summed E-state index contributed by atoms with van der Waals surface area (Å²) in [6.07, 6.45) is 0. The quantitative estimate of drug-likeness (QED) is 0.785. The van der Waals surface area contributed by atoms with Crippen molar-refractivity contribution < 1.29 is 23.1 Å². The van der Waals surface area contributed by atoms with E-state index in [1.165, 1.54) is 33.0 Å². The van der Waals surface area contributed by atoms with Crippen LogP contribution in [-0.2, 0) is 19.6 Å². The number of aliphatic carboxylic acids is 1. The SMILES string of the molecule is CN(C(=O)CNS(=O)(=O)c1ccccc1)C(C)(C)C(=O)O. The number of hydrogen-bond acceptors (Lipinski definition) is 4. The number of hydrogen-bond donors (Lipinski definition) is 2. The Labute approximate surface area is 123 Å². The minimum absolute atomic E-state index is 0.0398. The van der Waals surface area contributed by atoms with Crippen molar-refractivity contribution in [2.45, 2.75) is 24.3 Å². The highest BCUT2D eigenvalue weighted by Gasteiger charge is 2.35. The van der Waals surface area contributed by atoms with Gasteiger partial charge in [0, 0.05) is 7.05 Å². The predicted octanol–water partition coefficient (Wildman–Crippen LogP) is 0.286. The van der Waals surface area contributed by atoms with Crippen molar-refractivity contribution in [2.75, 3.05) is 13.6 Å². The van der Waals surface area contributed by atoms with Gasteiger partial charge in [-0.2, -0.15) is 0 Å². The van der Waals surface area contributed by atoms with Gasteiger partial charge in [-0.15, -0.1) is 0 Å². The van der Waals surface area contributed by atoms with Crippen LogP contribution in [0.25, 0.3) is 0 Å². The molecule has 0 aliphatic heterocycles. The van der Waals surface area contributed by atoms with Gasteiger partial charge in [-0.3, -0.25) is 4.79 Å². The van der Waals surface area contributed by atoms with E-state index < -0.39 is 34.0 Å². The molecule has 0 aliphatic carbocycles. The fourth-order valence-corrected chi connectivity index (χ4v) is 2.41. The van der Waals surface area contributed by atoms with Crippen molar-refractivity contribution in [3.63, 3.8) is 0 Å². The van der Waals surface area contributed by atoms with Crippen LogP contribution in [-0.4, -0.2) is 49.4 Å². The maximum Gasteiger partial charge on any atom is 0.329 e. The van der Waals surface area contributed by atoms with Gasteiger partial charge in [0.15, 0.2) is 0 Å². The summed E-state index contributed by atoms with van der Waals surface area (Å²) in [4.78, 5) is 24.0. The molecular formula is C13H18N2O5S. The van der Waals surface area contributed by atoms with Gasteiger partial charge in [0.25, 0.3) is 0 Å². The monoisotopic (exact) mass is 314 g/mol. The van der Waals surface area contributed by atoms with Crippen molar-refractivity contribution in [1.29, 1.82) is 0 Å². The van der Waals surface area contributed by atoms with Gasteiger partial charge < -0.3 is 10.0 Å². The molecule has 0 fully saturated rings. The van der Waals surface area contributed by atoms with E-state index in [9.17, 15) is 18.0 Å². The van der Waals surface area contributed by atoms with Crippen LogP contribution in [0.4, 0.5) is 0 Å². The molecule has 0 bridgehead atoms. The Morgan fingerprint density at radius 2 is 1.76 bits per heavy atom. The minimum Gasteiger partial charge on any atom is -0.480 e. The molecule has 0 atom stereocenters. The molecule has 1 aromatic rings. The summed E-state index contributed by atoms with van der Waals surface area (Å²) >= 11 is 0. The van der Waals surface area contributed by atoms with Gasteiger partial charge in [0.1, 0.15) is 5.54 Å². The molecular weight excluding hydrogens is 296 g/mol. The Kier molecular flexibility index (Phi) is 5.08. The summed E-state index contributed by atoms with van der Waals surface area (Å²) in [7, 11) is -2.49. The molecule has 7 nitrogen and oxygen atoms in total. The number of rotatable bonds is 6. The lowest BCUT2D eigenvalue weighted by Crippen LogP contribution is -2.53. The Morgan fingerprint density at radius 3 is 2.24 bits per heavy atom. The molecule has 8 heteroatoms. The third-order valence-electron chi connectivity index (χ3n) is 3.20. The third-order valence-corrected chi connectivity index (χ3v) is 4.62. The van der Waals surface area contributed by atoms with Crippen LogP contribution in [0.1, 0.15) is 13.8 Å². The van der Waals surface area contributed by atoms with Gasteiger partial charge in [-0.25, -0.2) is 17.9 Å². The normalized spacial score (nSPS) is 12.0. The lowest BCUT2D eigenvalue weighted by Gasteiger charge is -2.31. The van der Waals surface area contributed by atoms with E-state index in [0.29, 0.717) is 0 Å². The number of carboxylic acids is 1. The highest BCUT2D eigenvalue weighted by molar-refractivity contribution is 7.89. The molecule has 0 saturated heterocycles. The molecule has 1 rings (SSSR count). The van der Waals surface area contributed by atoms with E-state index in [4.69, 9.17) is 5.11 Å². The number of nitrogens with one attached hydrogen (secondary N) is 1. The summed E-state index contributed by atoms with van der Waals surface area (Å²) in [6.45, 7) is 2.21. The zero-order chi connectivity index (χ0) is 16.3. The van der Waals surface area contributed by atoms with E-state index in [1.54, 1.807) is 18.2 Å². The number of likely N-dealkylation sites (N-methyl/N-ethyl adjacent to an activating group) is 1. The summed E-state index contributed by atoms with van der Waals surface area (Å²) < 4.78 is 26.0. The second kappa shape index (κ2) is 6.23. The van der Waals surface area contributed by atoms with Crippen LogP contribution in [0.3, 0.4) is 0 Å². The molecule has 0 radical (unpaired) electrons. The lowest BCUT2D eigenvalue weighted by molar-refractivity contribution is -0.154. The molecule has 1 aromatic carbocycles. The molecule has 1 amide bonds. The molecule has 21 heavy (non-hydrogen) atoms. The summed E-state index contributed by atoms with van der Waals surface area (Å²) in [5, 5.41) is 9.03. The average molecular weight is 314 g/mol.